The molecule has 1 atom stereocenters. The van der Waals surface area contributed by atoms with Crippen molar-refractivity contribution in [3.8, 4) is 0 Å². The van der Waals surface area contributed by atoms with Crippen molar-refractivity contribution >= 4 is 15.9 Å². The summed E-state index contributed by atoms with van der Waals surface area (Å²) in [6, 6.07) is 5.07. The lowest BCUT2D eigenvalue weighted by Gasteiger charge is -2.11. The number of hydrogen-bond donors (Lipinski definition) is 1. The van der Waals surface area contributed by atoms with Crippen LogP contribution in [0.1, 0.15) is 31.7 Å². The monoisotopic (exact) mass is 273 g/mol. The summed E-state index contributed by atoms with van der Waals surface area (Å²) in [7, 11) is 0. The summed E-state index contributed by atoms with van der Waals surface area (Å²) in [5.74, 6) is -0.206. The molecule has 2 N–H and O–H groups in total. The fourth-order valence-electron chi connectivity index (χ4n) is 1.60. The van der Waals surface area contributed by atoms with Gasteiger partial charge in [-0.15, -0.1) is 0 Å². The lowest BCUT2D eigenvalue weighted by Crippen LogP contribution is -2.22. The van der Waals surface area contributed by atoms with Gasteiger partial charge in [0.25, 0.3) is 0 Å². The van der Waals surface area contributed by atoms with E-state index in [1.807, 2.05) is 6.07 Å². The molecule has 0 bridgehead atoms. The normalized spacial score (nSPS) is 12.8. The minimum Gasteiger partial charge on any atom is -0.327 e. The first-order chi connectivity index (χ1) is 7.11. The SMILES string of the molecule is CCCCC(N)Cc1cc(F)cc(Br)c1. The summed E-state index contributed by atoms with van der Waals surface area (Å²) in [6.45, 7) is 2.14. The van der Waals surface area contributed by atoms with Crippen LogP contribution in [0, 0.1) is 5.82 Å². The zero-order valence-corrected chi connectivity index (χ0v) is 10.6. The Bertz CT molecular complexity index is 294. The Morgan fingerprint density at radius 2 is 2.13 bits per heavy atom. The maximum Gasteiger partial charge on any atom is 0.124 e. The molecule has 1 aromatic carbocycles. The molecule has 0 radical (unpaired) electrons. The molecule has 0 aromatic heterocycles. The van der Waals surface area contributed by atoms with Gasteiger partial charge in [-0.3, -0.25) is 0 Å². The maximum absolute atomic E-state index is 13.1. The Hall–Kier alpha value is -0.410. The minimum absolute atomic E-state index is 0.138. The molecule has 1 unspecified atom stereocenters. The molecule has 0 fully saturated rings. The number of halogens is 2. The van der Waals surface area contributed by atoms with Crippen LogP contribution in [0.3, 0.4) is 0 Å². The predicted molar refractivity (Wildman–Crippen MR) is 65.3 cm³/mol. The number of nitrogens with two attached hydrogens (primary N) is 1. The third-order valence-corrected chi connectivity index (χ3v) is 2.81. The Balaban J connectivity index is 2.56. The van der Waals surface area contributed by atoms with E-state index in [0.717, 1.165) is 35.7 Å². The zero-order valence-electron chi connectivity index (χ0n) is 8.97. The van der Waals surface area contributed by atoms with Crippen molar-refractivity contribution in [1.29, 1.82) is 0 Å². The zero-order chi connectivity index (χ0) is 11.3. The van der Waals surface area contributed by atoms with Crippen LogP contribution in [-0.2, 0) is 6.42 Å². The van der Waals surface area contributed by atoms with Crippen LogP contribution in [0.25, 0.3) is 0 Å². The van der Waals surface area contributed by atoms with E-state index in [1.54, 1.807) is 6.07 Å². The Labute approximate surface area is 99.0 Å². The first kappa shape index (κ1) is 12.7. The summed E-state index contributed by atoms with van der Waals surface area (Å²) in [5, 5.41) is 0. The van der Waals surface area contributed by atoms with Gasteiger partial charge in [-0.05, 0) is 36.6 Å². The van der Waals surface area contributed by atoms with E-state index in [9.17, 15) is 4.39 Å². The topological polar surface area (TPSA) is 26.0 Å². The van der Waals surface area contributed by atoms with Crippen LogP contribution in [0.2, 0.25) is 0 Å². The van der Waals surface area contributed by atoms with E-state index in [1.165, 1.54) is 6.07 Å². The fourth-order valence-corrected chi connectivity index (χ4v) is 2.11. The van der Waals surface area contributed by atoms with Gasteiger partial charge in [0, 0.05) is 10.5 Å². The van der Waals surface area contributed by atoms with Gasteiger partial charge in [-0.2, -0.15) is 0 Å². The first-order valence-corrected chi connectivity index (χ1v) is 6.11. The molecule has 0 aliphatic heterocycles. The van der Waals surface area contributed by atoms with Crippen LogP contribution in [-0.4, -0.2) is 6.04 Å². The molecule has 0 saturated heterocycles. The van der Waals surface area contributed by atoms with Gasteiger partial charge in [-0.25, -0.2) is 4.39 Å². The highest BCUT2D eigenvalue weighted by molar-refractivity contribution is 9.10. The second-order valence-electron chi connectivity index (χ2n) is 3.88. The number of benzene rings is 1. The Morgan fingerprint density at radius 3 is 2.73 bits per heavy atom. The maximum atomic E-state index is 13.1. The number of rotatable bonds is 5. The number of hydrogen-bond acceptors (Lipinski definition) is 1. The highest BCUT2D eigenvalue weighted by Gasteiger charge is 2.05. The molecule has 84 valence electrons. The van der Waals surface area contributed by atoms with Crippen molar-refractivity contribution in [3.05, 3.63) is 34.1 Å². The fraction of sp³-hybridized carbons (Fsp3) is 0.500. The molecule has 0 spiro atoms. The van der Waals surface area contributed by atoms with Crippen LogP contribution in [0.15, 0.2) is 22.7 Å². The molecule has 3 heteroatoms. The summed E-state index contributed by atoms with van der Waals surface area (Å²) >= 11 is 3.27. The van der Waals surface area contributed by atoms with Crippen molar-refractivity contribution < 1.29 is 4.39 Å². The molecule has 1 rings (SSSR count). The first-order valence-electron chi connectivity index (χ1n) is 5.32. The third kappa shape index (κ3) is 4.76. The average Bonchev–Trinajstić information content (AvgIpc) is 2.13. The van der Waals surface area contributed by atoms with E-state index >= 15 is 0 Å². The molecule has 0 saturated carbocycles. The number of unbranched alkanes of at least 4 members (excludes halogenated alkanes) is 1. The second kappa shape index (κ2) is 6.23. The summed E-state index contributed by atoms with van der Waals surface area (Å²) in [6.07, 6.45) is 4.04. The minimum atomic E-state index is -0.206. The molecule has 1 nitrogen and oxygen atoms in total. The molecule has 0 aliphatic carbocycles. The van der Waals surface area contributed by atoms with E-state index in [0.29, 0.717) is 0 Å². The highest BCUT2D eigenvalue weighted by Crippen LogP contribution is 2.16. The van der Waals surface area contributed by atoms with E-state index in [2.05, 4.69) is 22.9 Å². The average molecular weight is 274 g/mol. The van der Waals surface area contributed by atoms with Gasteiger partial charge in [0.15, 0.2) is 0 Å². The second-order valence-corrected chi connectivity index (χ2v) is 4.80. The van der Waals surface area contributed by atoms with Gasteiger partial charge in [0.1, 0.15) is 5.82 Å². The van der Waals surface area contributed by atoms with Crippen molar-refractivity contribution in [2.75, 3.05) is 0 Å². The third-order valence-electron chi connectivity index (χ3n) is 2.35. The predicted octanol–water partition coefficient (Wildman–Crippen LogP) is 3.65. The van der Waals surface area contributed by atoms with Crippen LogP contribution < -0.4 is 5.73 Å². The summed E-state index contributed by atoms with van der Waals surface area (Å²) in [4.78, 5) is 0. The Kier molecular flexibility index (Phi) is 5.26. The van der Waals surface area contributed by atoms with Crippen molar-refractivity contribution in [1.82, 2.24) is 0 Å². The van der Waals surface area contributed by atoms with E-state index < -0.39 is 0 Å². The van der Waals surface area contributed by atoms with Gasteiger partial charge >= 0.3 is 0 Å². The molecular weight excluding hydrogens is 257 g/mol. The van der Waals surface area contributed by atoms with Gasteiger partial charge < -0.3 is 5.73 Å². The highest BCUT2D eigenvalue weighted by atomic mass is 79.9. The van der Waals surface area contributed by atoms with Crippen LogP contribution >= 0.6 is 15.9 Å². The lowest BCUT2D eigenvalue weighted by atomic mass is 10.0. The van der Waals surface area contributed by atoms with Gasteiger partial charge in [0.05, 0.1) is 0 Å². The van der Waals surface area contributed by atoms with Gasteiger partial charge in [0.2, 0.25) is 0 Å². The van der Waals surface area contributed by atoms with E-state index in [-0.39, 0.29) is 11.9 Å². The van der Waals surface area contributed by atoms with Gasteiger partial charge in [-0.1, -0.05) is 35.7 Å². The van der Waals surface area contributed by atoms with Crippen molar-refractivity contribution in [2.24, 2.45) is 5.73 Å². The lowest BCUT2D eigenvalue weighted by molar-refractivity contribution is 0.569. The smallest absolute Gasteiger partial charge is 0.124 e. The quantitative estimate of drug-likeness (QED) is 0.871. The van der Waals surface area contributed by atoms with Crippen LogP contribution in [0.5, 0.6) is 0 Å². The molecule has 0 heterocycles. The summed E-state index contributed by atoms with van der Waals surface area (Å²) in [5.41, 5.74) is 6.92. The summed E-state index contributed by atoms with van der Waals surface area (Å²) < 4.78 is 13.8. The largest absolute Gasteiger partial charge is 0.327 e. The standard InChI is InChI=1S/C12H17BrFN/c1-2-3-4-12(15)7-9-5-10(13)8-11(14)6-9/h5-6,8,12H,2-4,7,15H2,1H3. The van der Waals surface area contributed by atoms with E-state index in [4.69, 9.17) is 5.73 Å². The molecule has 15 heavy (non-hydrogen) atoms. The molecule has 0 amide bonds. The molecule has 1 aromatic rings. The van der Waals surface area contributed by atoms with Crippen molar-refractivity contribution in [2.45, 2.75) is 38.6 Å². The van der Waals surface area contributed by atoms with Crippen molar-refractivity contribution in [3.63, 3.8) is 0 Å². The van der Waals surface area contributed by atoms with Crippen LogP contribution in [0.4, 0.5) is 4.39 Å². The molecular formula is C12H17BrFN. The molecule has 0 aliphatic rings. The Morgan fingerprint density at radius 1 is 1.40 bits per heavy atom.